The first-order valence-corrected chi connectivity index (χ1v) is 7.94. The van der Waals surface area contributed by atoms with Gasteiger partial charge in [-0.1, -0.05) is 25.5 Å². The van der Waals surface area contributed by atoms with Crippen molar-refractivity contribution >= 4 is 0 Å². The second kappa shape index (κ2) is 8.37. The lowest BCUT2D eigenvalue weighted by Crippen LogP contribution is -2.24. The summed E-state index contributed by atoms with van der Waals surface area (Å²) in [6.45, 7) is 3.45. The Morgan fingerprint density at radius 2 is 2.24 bits per heavy atom. The molecule has 4 heteroatoms. The van der Waals surface area contributed by atoms with E-state index in [1.807, 2.05) is 19.2 Å². The van der Waals surface area contributed by atoms with Crippen LogP contribution < -0.4 is 10.1 Å². The molecule has 1 aliphatic carbocycles. The molecule has 0 fully saturated rings. The smallest absolute Gasteiger partial charge is 0.122 e. The van der Waals surface area contributed by atoms with Crippen LogP contribution in [0.5, 0.6) is 5.75 Å². The third kappa shape index (κ3) is 4.43. The molecule has 1 aromatic carbocycles. The van der Waals surface area contributed by atoms with Crippen LogP contribution in [0, 0.1) is 0 Å². The average molecular weight is 293 g/mol. The fourth-order valence-electron chi connectivity index (χ4n) is 2.76. The minimum Gasteiger partial charge on any atom is -0.491 e. The molecule has 0 heterocycles. The fourth-order valence-corrected chi connectivity index (χ4v) is 2.76. The first kappa shape index (κ1) is 16.3. The molecule has 1 aliphatic rings. The first-order chi connectivity index (χ1) is 10.3. The van der Waals surface area contributed by atoms with Crippen LogP contribution in [0.4, 0.5) is 0 Å². The minimum atomic E-state index is -0.570. The highest BCUT2D eigenvalue weighted by Gasteiger charge is 2.24. The predicted octanol–water partition coefficient (Wildman–Crippen LogP) is 2.45. The molecule has 0 spiro atoms. The lowest BCUT2D eigenvalue weighted by molar-refractivity contribution is 0.0111. The molecule has 2 rings (SSSR count). The topological polar surface area (TPSA) is 50.7 Å². The van der Waals surface area contributed by atoms with E-state index in [2.05, 4.69) is 18.3 Å². The van der Waals surface area contributed by atoms with Crippen LogP contribution in [0.3, 0.4) is 0 Å². The van der Waals surface area contributed by atoms with Gasteiger partial charge in [-0.05, 0) is 43.5 Å². The second-order valence-corrected chi connectivity index (χ2v) is 5.60. The predicted molar refractivity (Wildman–Crippen MR) is 83.8 cm³/mol. The quantitative estimate of drug-likeness (QED) is 0.687. The number of ether oxygens (including phenoxy) is 2. The molecule has 0 amide bonds. The Kier molecular flexibility index (Phi) is 6.49. The standard InChI is InChI=1S/C17H27NO3/c1-3-4-10-20-11-13(19)12-21-17-7-5-6-14-15(17)8-9-16(14)18-2/h5-7,13,16,18-19H,3-4,8-12H2,1-2H3. The Labute approximate surface area is 127 Å². The molecule has 2 N–H and O–H groups in total. The highest BCUT2D eigenvalue weighted by Crippen LogP contribution is 2.36. The molecule has 2 unspecified atom stereocenters. The van der Waals surface area contributed by atoms with Gasteiger partial charge in [-0.2, -0.15) is 0 Å². The van der Waals surface area contributed by atoms with Crippen molar-refractivity contribution in [3.05, 3.63) is 29.3 Å². The van der Waals surface area contributed by atoms with Crippen LogP contribution in [0.2, 0.25) is 0 Å². The van der Waals surface area contributed by atoms with Crippen molar-refractivity contribution in [1.82, 2.24) is 5.32 Å². The van der Waals surface area contributed by atoms with Crippen molar-refractivity contribution < 1.29 is 14.6 Å². The molecule has 0 aliphatic heterocycles. The second-order valence-electron chi connectivity index (χ2n) is 5.60. The summed E-state index contributed by atoms with van der Waals surface area (Å²) in [6, 6.07) is 6.58. The zero-order chi connectivity index (χ0) is 15.1. The van der Waals surface area contributed by atoms with E-state index in [1.165, 1.54) is 11.1 Å². The zero-order valence-electron chi connectivity index (χ0n) is 13.1. The fraction of sp³-hybridized carbons (Fsp3) is 0.647. The third-order valence-corrected chi connectivity index (χ3v) is 3.96. The van der Waals surface area contributed by atoms with E-state index in [4.69, 9.17) is 9.47 Å². The monoisotopic (exact) mass is 293 g/mol. The van der Waals surface area contributed by atoms with Crippen molar-refractivity contribution in [3.8, 4) is 5.75 Å². The number of hydrogen-bond acceptors (Lipinski definition) is 4. The van der Waals surface area contributed by atoms with E-state index in [-0.39, 0.29) is 6.61 Å². The number of nitrogens with one attached hydrogen (secondary N) is 1. The summed E-state index contributed by atoms with van der Waals surface area (Å²) in [5.41, 5.74) is 2.60. The van der Waals surface area contributed by atoms with Crippen LogP contribution in [0.15, 0.2) is 18.2 Å². The molecule has 0 aromatic heterocycles. The molecule has 1 aromatic rings. The van der Waals surface area contributed by atoms with Gasteiger partial charge in [0.15, 0.2) is 0 Å². The Morgan fingerprint density at radius 1 is 1.38 bits per heavy atom. The number of hydrogen-bond donors (Lipinski definition) is 2. The van der Waals surface area contributed by atoms with Gasteiger partial charge in [0.2, 0.25) is 0 Å². The maximum Gasteiger partial charge on any atom is 0.122 e. The van der Waals surface area contributed by atoms with Crippen LogP contribution >= 0.6 is 0 Å². The highest BCUT2D eigenvalue weighted by atomic mass is 16.5. The molecular weight excluding hydrogens is 266 g/mol. The summed E-state index contributed by atoms with van der Waals surface area (Å²) in [4.78, 5) is 0. The van der Waals surface area contributed by atoms with Crippen LogP contribution in [-0.4, -0.2) is 38.1 Å². The van der Waals surface area contributed by atoms with Crippen LogP contribution in [0.1, 0.15) is 43.4 Å². The molecule has 0 radical (unpaired) electrons. The lowest BCUT2D eigenvalue weighted by Gasteiger charge is -2.16. The molecule has 0 saturated carbocycles. The molecule has 4 nitrogen and oxygen atoms in total. The molecule has 0 bridgehead atoms. The van der Waals surface area contributed by atoms with E-state index >= 15 is 0 Å². The number of aliphatic hydroxyl groups is 1. The normalized spacial score (nSPS) is 18.5. The number of rotatable bonds is 9. The zero-order valence-corrected chi connectivity index (χ0v) is 13.1. The summed E-state index contributed by atoms with van der Waals surface area (Å²) in [5, 5.41) is 13.2. The Hall–Kier alpha value is -1.10. The SMILES string of the molecule is CCCCOCC(O)COc1cccc2c1CCC2NC. The van der Waals surface area contributed by atoms with Crippen molar-refractivity contribution in [2.24, 2.45) is 0 Å². The summed E-state index contributed by atoms with van der Waals surface area (Å²) >= 11 is 0. The van der Waals surface area contributed by atoms with Gasteiger partial charge in [0.25, 0.3) is 0 Å². The van der Waals surface area contributed by atoms with Crippen molar-refractivity contribution in [3.63, 3.8) is 0 Å². The van der Waals surface area contributed by atoms with Crippen molar-refractivity contribution in [1.29, 1.82) is 0 Å². The van der Waals surface area contributed by atoms with Crippen LogP contribution in [-0.2, 0) is 11.2 Å². The number of fused-ring (bicyclic) bond motifs is 1. The van der Waals surface area contributed by atoms with E-state index < -0.39 is 6.10 Å². The van der Waals surface area contributed by atoms with Crippen molar-refractivity contribution in [2.75, 3.05) is 26.9 Å². The summed E-state index contributed by atoms with van der Waals surface area (Å²) in [5.74, 6) is 0.901. The van der Waals surface area contributed by atoms with E-state index in [1.54, 1.807) is 0 Å². The highest BCUT2D eigenvalue weighted by molar-refractivity contribution is 5.45. The van der Waals surface area contributed by atoms with Crippen LogP contribution in [0.25, 0.3) is 0 Å². The molecule has 21 heavy (non-hydrogen) atoms. The number of aliphatic hydroxyl groups excluding tert-OH is 1. The summed E-state index contributed by atoms with van der Waals surface area (Å²) in [7, 11) is 1.99. The van der Waals surface area contributed by atoms with E-state index in [9.17, 15) is 5.11 Å². The van der Waals surface area contributed by atoms with Gasteiger partial charge in [-0.3, -0.25) is 0 Å². The van der Waals surface area contributed by atoms with Gasteiger partial charge in [0, 0.05) is 12.6 Å². The van der Waals surface area contributed by atoms with Gasteiger partial charge in [0.05, 0.1) is 6.61 Å². The Balaban J connectivity index is 1.83. The summed E-state index contributed by atoms with van der Waals surface area (Å²) in [6.07, 6.45) is 3.70. The maximum absolute atomic E-state index is 9.89. The van der Waals surface area contributed by atoms with Gasteiger partial charge >= 0.3 is 0 Å². The average Bonchev–Trinajstić information content (AvgIpc) is 2.93. The third-order valence-electron chi connectivity index (χ3n) is 3.96. The number of benzene rings is 1. The maximum atomic E-state index is 9.89. The van der Waals surface area contributed by atoms with Gasteiger partial charge in [-0.25, -0.2) is 0 Å². The molecule has 0 saturated heterocycles. The van der Waals surface area contributed by atoms with Crippen molar-refractivity contribution in [2.45, 2.75) is 44.8 Å². The first-order valence-electron chi connectivity index (χ1n) is 7.94. The molecule has 118 valence electrons. The Morgan fingerprint density at radius 3 is 3.00 bits per heavy atom. The minimum absolute atomic E-state index is 0.285. The number of unbranched alkanes of at least 4 members (excludes halogenated alkanes) is 1. The van der Waals surface area contributed by atoms with Gasteiger partial charge in [0.1, 0.15) is 18.5 Å². The summed E-state index contributed by atoms with van der Waals surface area (Å²) < 4.78 is 11.2. The van der Waals surface area contributed by atoms with Gasteiger partial charge in [-0.15, -0.1) is 0 Å². The largest absolute Gasteiger partial charge is 0.491 e. The molecular formula is C17H27NO3. The Bertz CT molecular complexity index is 436. The molecule has 2 atom stereocenters. The lowest BCUT2D eigenvalue weighted by atomic mass is 10.1. The van der Waals surface area contributed by atoms with E-state index in [0.29, 0.717) is 19.3 Å². The van der Waals surface area contributed by atoms with Gasteiger partial charge < -0.3 is 19.9 Å². The van der Waals surface area contributed by atoms with E-state index in [0.717, 1.165) is 31.4 Å².